The number of benzene rings is 1. The minimum absolute atomic E-state index is 0.120. The number of Topliss-reactive ketones (excluding diaryl/α,β-unsaturated/α-hetero) is 1. The van der Waals surface area contributed by atoms with Gasteiger partial charge in [0.15, 0.2) is 0 Å². The van der Waals surface area contributed by atoms with E-state index in [4.69, 9.17) is 4.74 Å². The van der Waals surface area contributed by atoms with Crippen LogP contribution >= 0.6 is 0 Å². The van der Waals surface area contributed by atoms with E-state index in [1.807, 2.05) is 30.3 Å². The summed E-state index contributed by atoms with van der Waals surface area (Å²) in [5.41, 5.74) is 1.06. The number of carbonyl (C=O) groups excluding carboxylic acids is 2. The van der Waals surface area contributed by atoms with Gasteiger partial charge in [-0.05, 0) is 12.0 Å². The van der Waals surface area contributed by atoms with Crippen molar-refractivity contribution in [2.24, 2.45) is 0 Å². The van der Waals surface area contributed by atoms with Gasteiger partial charge in [-0.3, -0.25) is 9.69 Å². The summed E-state index contributed by atoms with van der Waals surface area (Å²) >= 11 is 0. The van der Waals surface area contributed by atoms with Gasteiger partial charge in [-0.25, -0.2) is 4.79 Å². The van der Waals surface area contributed by atoms with Crippen LogP contribution in [0.15, 0.2) is 30.3 Å². The van der Waals surface area contributed by atoms with Crippen molar-refractivity contribution in [3.05, 3.63) is 35.9 Å². The molecule has 1 fully saturated rings. The van der Waals surface area contributed by atoms with Gasteiger partial charge in [0.2, 0.25) is 0 Å². The molecule has 0 N–H and O–H groups in total. The van der Waals surface area contributed by atoms with Gasteiger partial charge in [0, 0.05) is 19.4 Å². The molecule has 24 heavy (non-hydrogen) atoms. The topological polar surface area (TPSA) is 46.6 Å². The Morgan fingerprint density at radius 3 is 2.58 bits per heavy atom. The average Bonchev–Trinajstić information content (AvgIpc) is 2.92. The number of rotatable bonds is 11. The van der Waals surface area contributed by atoms with Gasteiger partial charge in [0.25, 0.3) is 0 Å². The molecule has 1 aliphatic heterocycles. The van der Waals surface area contributed by atoms with Gasteiger partial charge < -0.3 is 4.74 Å². The third-order valence-corrected chi connectivity index (χ3v) is 4.54. The predicted molar refractivity (Wildman–Crippen MR) is 94.7 cm³/mol. The van der Waals surface area contributed by atoms with Gasteiger partial charge in [0.1, 0.15) is 12.4 Å². The number of ether oxygens (including phenoxy) is 1. The molecule has 1 saturated heterocycles. The van der Waals surface area contributed by atoms with Crippen LogP contribution in [0.3, 0.4) is 0 Å². The fraction of sp³-hybridized carbons (Fsp3) is 0.600. The molecule has 1 aromatic carbocycles. The van der Waals surface area contributed by atoms with Crippen LogP contribution < -0.4 is 0 Å². The van der Waals surface area contributed by atoms with E-state index in [2.05, 4.69) is 6.92 Å². The Morgan fingerprint density at radius 1 is 1.12 bits per heavy atom. The first-order chi connectivity index (χ1) is 11.7. The molecule has 1 unspecified atom stereocenters. The molecular formula is C20H29NO3. The lowest BCUT2D eigenvalue weighted by molar-refractivity contribution is -0.120. The molecule has 1 aliphatic rings. The first kappa shape index (κ1) is 18.5. The largest absolute Gasteiger partial charge is 0.447 e. The number of hydrogen-bond acceptors (Lipinski definition) is 3. The molecule has 1 amide bonds. The van der Waals surface area contributed by atoms with Crippen LogP contribution in [0.1, 0.15) is 63.9 Å². The Kier molecular flexibility index (Phi) is 7.80. The van der Waals surface area contributed by atoms with E-state index in [1.165, 1.54) is 25.7 Å². The Bertz CT molecular complexity index is 515. The van der Waals surface area contributed by atoms with Crippen LogP contribution in [-0.2, 0) is 16.1 Å². The second-order valence-electron chi connectivity index (χ2n) is 6.60. The number of ketones is 1. The fourth-order valence-corrected chi connectivity index (χ4v) is 3.10. The average molecular weight is 331 g/mol. The van der Waals surface area contributed by atoms with Gasteiger partial charge in [-0.1, -0.05) is 69.4 Å². The third-order valence-electron chi connectivity index (χ3n) is 4.54. The number of amides is 1. The number of cyclic esters (lactones) is 1. The molecule has 1 heterocycles. The fourth-order valence-electron chi connectivity index (χ4n) is 3.10. The molecule has 0 aliphatic carbocycles. The van der Waals surface area contributed by atoms with E-state index in [0.717, 1.165) is 18.4 Å². The highest BCUT2D eigenvalue weighted by molar-refractivity contribution is 5.80. The van der Waals surface area contributed by atoms with Crippen LogP contribution in [-0.4, -0.2) is 29.4 Å². The van der Waals surface area contributed by atoms with Crippen molar-refractivity contribution < 1.29 is 14.3 Å². The highest BCUT2D eigenvalue weighted by Gasteiger charge is 2.33. The zero-order chi connectivity index (χ0) is 17.2. The van der Waals surface area contributed by atoms with Crippen molar-refractivity contribution in [2.75, 3.05) is 6.61 Å². The summed E-state index contributed by atoms with van der Waals surface area (Å²) in [6, 6.07) is 9.71. The quantitative estimate of drug-likeness (QED) is 0.551. The Morgan fingerprint density at radius 2 is 1.83 bits per heavy atom. The highest BCUT2D eigenvalue weighted by atomic mass is 16.6. The van der Waals surface area contributed by atoms with E-state index in [9.17, 15) is 9.59 Å². The van der Waals surface area contributed by atoms with E-state index in [-0.39, 0.29) is 17.9 Å². The van der Waals surface area contributed by atoms with Crippen LogP contribution in [0.5, 0.6) is 0 Å². The first-order valence-electron chi connectivity index (χ1n) is 9.19. The Hall–Kier alpha value is -1.84. The summed E-state index contributed by atoms with van der Waals surface area (Å²) in [6.45, 7) is 3.04. The Balaban J connectivity index is 1.73. The first-order valence-corrected chi connectivity index (χ1v) is 9.19. The van der Waals surface area contributed by atoms with E-state index in [1.54, 1.807) is 4.90 Å². The minimum Gasteiger partial charge on any atom is -0.447 e. The van der Waals surface area contributed by atoms with Crippen molar-refractivity contribution in [1.82, 2.24) is 4.90 Å². The van der Waals surface area contributed by atoms with Gasteiger partial charge >= 0.3 is 6.09 Å². The second kappa shape index (κ2) is 10.1. The maximum atomic E-state index is 12.2. The van der Waals surface area contributed by atoms with Crippen LogP contribution in [0.2, 0.25) is 0 Å². The second-order valence-corrected chi connectivity index (χ2v) is 6.60. The zero-order valence-corrected chi connectivity index (χ0v) is 14.7. The lowest BCUT2D eigenvalue weighted by atomic mass is 10.0. The van der Waals surface area contributed by atoms with Crippen LogP contribution in [0.25, 0.3) is 0 Å². The molecule has 0 saturated carbocycles. The van der Waals surface area contributed by atoms with E-state index in [0.29, 0.717) is 26.0 Å². The van der Waals surface area contributed by atoms with Crippen LogP contribution in [0.4, 0.5) is 4.79 Å². The molecule has 4 heteroatoms. The lowest BCUT2D eigenvalue weighted by Gasteiger charge is -2.21. The summed E-state index contributed by atoms with van der Waals surface area (Å²) in [7, 11) is 0. The van der Waals surface area contributed by atoms with Crippen molar-refractivity contribution in [3.63, 3.8) is 0 Å². The zero-order valence-electron chi connectivity index (χ0n) is 14.7. The molecule has 0 aromatic heterocycles. The molecule has 0 bridgehead atoms. The summed E-state index contributed by atoms with van der Waals surface area (Å²) < 4.78 is 5.16. The highest BCUT2D eigenvalue weighted by Crippen LogP contribution is 2.20. The standard InChI is InChI=1S/C20H29NO3/c1-2-3-4-5-6-10-13-19(22)14-18-16-24-20(23)21(18)15-17-11-8-7-9-12-17/h7-9,11-12,18H,2-6,10,13-16H2,1H3. The summed E-state index contributed by atoms with van der Waals surface area (Å²) in [5.74, 6) is 0.242. The third kappa shape index (κ3) is 5.99. The molecule has 2 rings (SSSR count). The summed E-state index contributed by atoms with van der Waals surface area (Å²) in [5, 5.41) is 0. The van der Waals surface area contributed by atoms with Crippen molar-refractivity contribution in [2.45, 2.75) is 70.9 Å². The molecule has 4 nitrogen and oxygen atoms in total. The Labute approximate surface area is 145 Å². The molecule has 1 aromatic rings. The molecule has 132 valence electrons. The monoisotopic (exact) mass is 331 g/mol. The maximum Gasteiger partial charge on any atom is 0.410 e. The van der Waals surface area contributed by atoms with Crippen molar-refractivity contribution >= 4 is 11.9 Å². The maximum absolute atomic E-state index is 12.2. The summed E-state index contributed by atoms with van der Waals surface area (Å²) in [4.78, 5) is 25.8. The number of nitrogens with zero attached hydrogens (tertiary/aromatic N) is 1. The summed E-state index contributed by atoms with van der Waals surface area (Å²) in [6.07, 6.45) is 7.81. The molecule has 0 spiro atoms. The molecular weight excluding hydrogens is 302 g/mol. The van der Waals surface area contributed by atoms with Crippen LogP contribution in [0, 0.1) is 0 Å². The van der Waals surface area contributed by atoms with Crippen molar-refractivity contribution in [1.29, 1.82) is 0 Å². The molecule has 1 atom stereocenters. The predicted octanol–water partition coefficient (Wildman–Crippen LogP) is 4.72. The van der Waals surface area contributed by atoms with E-state index < -0.39 is 0 Å². The van der Waals surface area contributed by atoms with Crippen molar-refractivity contribution in [3.8, 4) is 0 Å². The number of unbranched alkanes of at least 4 members (excludes halogenated alkanes) is 5. The lowest BCUT2D eigenvalue weighted by Crippen LogP contribution is -2.34. The normalized spacial score (nSPS) is 17.1. The minimum atomic E-state index is -0.309. The number of carbonyl (C=O) groups is 2. The number of hydrogen-bond donors (Lipinski definition) is 0. The van der Waals surface area contributed by atoms with Gasteiger partial charge in [-0.2, -0.15) is 0 Å². The van der Waals surface area contributed by atoms with E-state index >= 15 is 0 Å². The van der Waals surface area contributed by atoms with Gasteiger partial charge in [0.05, 0.1) is 6.04 Å². The van der Waals surface area contributed by atoms with Gasteiger partial charge in [-0.15, -0.1) is 0 Å². The molecule has 0 radical (unpaired) electrons. The smallest absolute Gasteiger partial charge is 0.410 e. The SMILES string of the molecule is CCCCCCCCC(=O)CC1COC(=O)N1Cc1ccccc1.